The van der Waals surface area contributed by atoms with Crippen molar-refractivity contribution in [2.45, 2.75) is 50.9 Å². The summed E-state index contributed by atoms with van der Waals surface area (Å²) in [4.78, 5) is 7.35. The molecule has 3 aliphatic carbocycles. The molecular formula is C55H46N2. The smallest absolute Gasteiger partial charge is 0.0708 e. The van der Waals surface area contributed by atoms with Crippen molar-refractivity contribution in [3.8, 4) is 44.6 Å². The summed E-state index contributed by atoms with van der Waals surface area (Å²) in [7, 11) is 0. The molecule has 1 heterocycles. The van der Waals surface area contributed by atoms with Crippen LogP contribution in [-0.4, -0.2) is 4.98 Å². The van der Waals surface area contributed by atoms with E-state index < -0.39 is 0 Å². The van der Waals surface area contributed by atoms with Crippen LogP contribution in [0.5, 0.6) is 0 Å². The highest BCUT2D eigenvalue weighted by Gasteiger charge is 2.43. The number of anilines is 3. The van der Waals surface area contributed by atoms with E-state index in [1.165, 1.54) is 104 Å². The second-order valence-corrected chi connectivity index (χ2v) is 17.1. The molecule has 0 spiro atoms. The fourth-order valence-electron chi connectivity index (χ4n) is 11.0. The number of benzene rings is 7. The summed E-state index contributed by atoms with van der Waals surface area (Å²) in [5.74, 6) is 2.22. The van der Waals surface area contributed by atoms with E-state index >= 15 is 0 Å². The van der Waals surface area contributed by atoms with Crippen LogP contribution in [0.25, 0.3) is 55.4 Å². The molecule has 0 amide bonds. The van der Waals surface area contributed by atoms with Crippen LogP contribution in [0.15, 0.2) is 176 Å². The minimum atomic E-state index is -0.203. The Morgan fingerprint density at radius 3 is 2.07 bits per heavy atom. The summed E-state index contributed by atoms with van der Waals surface area (Å²) in [6.45, 7) is 4.85. The van der Waals surface area contributed by atoms with Gasteiger partial charge in [0.1, 0.15) is 0 Å². The van der Waals surface area contributed by atoms with Crippen molar-refractivity contribution in [2.75, 3.05) is 4.90 Å². The van der Waals surface area contributed by atoms with E-state index in [-0.39, 0.29) is 5.41 Å². The van der Waals surface area contributed by atoms with Gasteiger partial charge in [-0.3, -0.25) is 4.98 Å². The van der Waals surface area contributed by atoms with Crippen molar-refractivity contribution in [2.24, 2.45) is 11.8 Å². The van der Waals surface area contributed by atoms with Crippen molar-refractivity contribution >= 4 is 27.8 Å². The second-order valence-electron chi connectivity index (χ2n) is 17.1. The number of rotatable bonds is 7. The summed E-state index contributed by atoms with van der Waals surface area (Å²) in [6, 6.07) is 63.1. The van der Waals surface area contributed by atoms with Gasteiger partial charge in [-0.05, 0) is 140 Å². The molecule has 0 radical (unpaired) electrons. The predicted molar refractivity (Wildman–Crippen MR) is 238 cm³/mol. The normalized spacial score (nSPS) is 18.7. The SMILES string of the molecule is CC1(C)c2ccc(-c3ccccc3)cc2-c2cccc(N(c3cccc(-c4ccc(-c5ccccn5)c5ccccc45)c3)c3ccccc3C3CC4CCC3C4)c21. The summed E-state index contributed by atoms with van der Waals surface area (Å²) in [5.41, 5.74) is 17.6. The van der Waals surface area contributed by atoms with Gasteiger partial charge in [0.15, 0.2) is 0 Å². The van der Waals surface area contributed by atoms with Gasteiger partial charge in [0.2, 0.25) is 0 Å². The maximum Gasteiger partial charge on any atom is 0.0708 e. The van der Waals surface area contributed by atoms with Gasteiger partial charge >= 0.3 is 0 Å². The first-order chi connectivity index (χ1) is 28.0. The molecule has 3 unspecified atom stereocenters. The fraction of sp³-hybridized carbons (Fsp3) is 0.182. The zero-order valence-electron chi connectivity index (χ0n) is 32.7. The quantitative estimate of drug-likeness (QED) is 0.162. The topological polar surface area (TPSA) is 16.1 Å². The Morgan fingerprint density at radius 2 is 1.26 bits per heavy atom. The van der Waals surface area contributed by atoms with Crippen LogP contribution in [0.4, 0.5) is 17.1 Å². The van der Waals surface area contributed by atoms with Gasteiger partial charge in [0.25, 0.3) is 0 Å². The van der Waals surface area contributed by atoms with Gasteiger partial charge in [-0.15, -0.1) is 0 Å². The molecule has 3 atom stereocenters. The molecule has 2 bridgehead atoms. The van der Waals surface area contributed by atoms with Crippen molar-refractivity contribution in [3.05, 3.63) is 193 Å². The molecule has 2 nitrogen and oxygen atoms in total. The Hall–Kier alpha value is -6.25. The Morgan fingerprint density at radius 1 is 0.526 bits per heavy atom. The average Bonchev–Trinajstić information content (AvgIpc) is 3.97. The van der Waals surface area contributed by atoms with Crippen molar-refractivity contribution in [1.29, 1.82) is 0 Å². The molecule has 2 saturated carbocycles. The van der Waals surface area contributed by atoms with Crippen LogP contribution >= 0.6 is 0 Å². The lowest BCUT2D eigenvalue weighted by atomic mass is 9.80. The molecule has 0 aliphatic heterocycles. The number of aromatic nitrogens is 1. The lowest BCUT2D eigenvalue weighted by Crippen LogP contribution is -2.22. The van der Waals surface area contributed by atoms with E-state index in [1.807, 2.05) is 12.3 Å². The fourth-order valence-corrected chi connectivity index (χ4v) is 11.0. The average molecular weight is 735 g/mol. The number of fused-ring (bicyclic) bond motifs is 6. The first-order valence-electron chi connectivity index (χ1n) is 20.8. The zero-order chi connectivity index (χ0) is 38.1. The van der Waals surface area contributed by atoms with E-state index in [0.29, 0.717) is 5.92 Å². The van der Waals surface area contributed by atoms with Gasteiger partial charge in [-0.1, -0.05) is 148 Å². The van der Waals surface area contributed by atoms with Crippen LogP contribution in [0.1, 0.15) is 62.1 Å². The van der Waals surface area contributed by atoms with Gasteiger partial charge in [0, 0.05) is 28.6 Å². The summed E-state index contributed by atoms with van der Waals surface area (Å²) in [6.07, 6.45) is 7.31. The minimum absolute atomic E-state index is 0.203. The maximum absolute atomic E-state index is 4.73. The van der Waals surface area contributed by atoms with Gasteiger partial charge in [-0.25, -0.2) is 0 Å². The van der Waals surface area contributed by atoms with Gasteiger partial charge in [-0.2, -0.15) is 0 Å². The van der Waals surface area contributed by atoms with Crippen LogP contribution in [0.2, 0.25) is 0 Å². The first-order valence-corrected chi connectivity index (χ1v) is 20.8. The van der Waals surface area contributed by atoms with Crippen LogP contribution < -0.4 is 4.90 Å². The molecule has 2 fully saturated rings. The van der Waals surface area contributed by atoms with E-state index in [1.54, 1.807) is 0 Å². The third kappa shape index (κ3) is 5.57. The van der Waals surface area contributed by atoms with E-state index in [0.717, 1.165) is 23.1 Å². The molecule has 8 aromatic rings. The Bertz CT molecular complexity index is 2800. The Balaban J connectivity index is 1.11. The van der Waals surface area contributed by atoms with E-state index in [9.17, 15) is 0 Å². The molecule has 276 valence electrons. The largest absolute Gasteiger partial charge is 0.310 e. The highest BCUT2D eigenvalue weighted by atomic mass is 15.1. The minimum Gasteiger partial charge on any atom is -0.310 e. The number of hydrogen-bond donors (Lipinski definition) is 0. The summed E-state index contributed by atoms with van der Waals surface area (Å²) >= 11 is 0. The molecule has 1 aromatic heterocycles. The van der Waals surface area contributed by atoms with Gasteiger partial charge in [0.05, 0.1) is 11.4 Å². The Kier molecular flexibility index (Phi) is 8.03. The van der Waals surface area contributed by atoms with Crippen molar-refractivity contribution < 1.29 is 0 Å². The summed E-state index contributed by atoms with van der Waals surface area (Å²) < 4.78 is 0. The van der Waals surface area contributed by atoms with E-state index in [4.69, 9.17) is 4.98 Å². The van der Waals surface area contributed by atoms with Crippen LogP contribution in [-0.2, 0) is 5.41 Å². The second kappa shape index (κ2) is 13.5. The molecule has 11 rings (SSSR count). The number of hydrogen-bond acceptors (Lipinski definition) is 2. The molecular weight excluding hydrogens is 689 g/mol. The lowest BCUT2D eigenvalue weighted by Gasteiger charge is -2.35. The van der Waals surface area contributed by atoms with Crippen molar-refractivity contribution in [3.63, 3.8) is 0 Å². The first kappa shape index (κ1) is 34.0. The number of pyridine rings is 1. The third-order valence-electron chi connectivity index (χ3n) is 13.6. The molecule has 0 N–H and O–H groups in total. The van der Waals surface area contributed by atoms with Crippen LogP contribution in [0.3, 0.4) is 0 Å². The summed E-state index contributed by atoms with van der Waals surface area (Å²) in [5, 5.41) is 2.45. The zero-order valence-corrected chi connectivity index (χ0v) is 32.7. The number of para-hydroxylation sites is 1. The molecule has 2 heteroatoms. The maximum atomic E-state index is 4.73. The van der Waals surface area contributed by atoms with E-state index in [2.05, 4.69) is 183 Å². The molecule has 3 aliphatic rings. The highest BCUT2D eigenvalue weighted by Crippen LogP contribution is 2.58. The monoisotopic (exact) mass is 734 g/mol. The molecule has 57 heavy (non-hydrogen) atoms. The standard InChI is InChI=1S/C55H46N2/c1-55(2)50-30-27-38(37-14-4-3-5-15-37)35-49(50)47-21-13-24-53(54(47)55)57(52-23-9-8-20-46(52)48-33-36-25-26-40(48)32-36)41-17-12-16-39(34-41)42-28-29-45(51-22-10-11-31-56-51)44-19-7-6-18-43(42)44/h3-24,27-31,34-36,40,48H,25-26,32-33H2,1-2H3. The molecule has 0 saturated heterocycles. The number of nitrogens with zero attached hydrogens (tertiary/aromatic N) is 2. The Labute approximate surface area is 336 Å². The predicted octanol–water partition coefficient (Wildman–Crippen LogP) is 14.9. The van der Waals surface area contributed by atoms with Crippen LogP contribution in [0, 0.1) is 11.8 Å². The van der Waals surface area contributed by atoms with Crippen molar-refractivity contribution in [1.82, 2.24) is 4.98 Å². The third-order valence-corrected chi connectivity index (χ3v) is 13.6. The van der Waals surface area contributed by atoms with Gasteiger partial charge < -0.3 is 4.90 Å². The molecule has 7 aromatic carbocycles. The lowest BCUT2D eigenvalue weighted by molar-refractivity contribution is 0.420. The highest BCUT2D eigenvalue weighted by molar-refractivity contribution is 6.05.